The summed E-state index contributed by atoms with van der Waals surface area (Å²) in [6, 6.07) is 5.53. The molecule has 1 fully saturated rings. The second kappa shape index (κ2) is 6.34. The topological polar surface area (TPSA) is 67.0 Å². The fraction of sp³-hybridized carbons (Fsp3) is 0.300. The molecule has 0 bridgehead atoms. The van der Waals surface area contributed by atoms with Crippen molar-refractivity contribution in [2.45, 2.75) is 18.4 Å². The van der Waals surface area contributed by atoms with Gasteiger partial charge < -0.3 is 10.1 Å². The van der Waals surface area contributed by atoms with Gasteiger partial charge in [0.25, 0.3) is 5.56 Å². The Labute approximate surface area is 157 Å². The van der Waals surface area contributed by atoms with Crippen LogP contribution in [0.25, 0.3) is 10.8 Å². The largest absolute Gasteiger partial charge is 0.381 e. The van der Waals surface area contributed by atoms with Crippen molar-refractivity contribution in [3.8, 4) is 0 Å². The Morgan fingerprint density at radius 2 is 1.96 bits per heavy atom. The molecule has 0 amide bonds. The zero-order valence-electron chi connectivity index (χ0n) is 14.6. The molecular weight excluding hydrogens is 371 g/mol. The van der Waals surface area contributed by atoms with Gasteiger partial charge in [-0.25, -0.2) is 18.3 Å². The van der Waals surface area contributed by atoms with Gasteiger partial charge in [0, 0.05) is 35.7 Å². The van der Waals surface area contributed by atoms with Crippen molar-refractivity contribution < 1.29 is 17.9 Å². The van der Waals surface area contributed by atoms with Crippen molar-refractivity contribution in [3.63, 3.8) is 0 Å². The van der Waals surface area contributed by atoms with Crippen LogP contribution >= 0.6 is 0 Å². The first kappa shape index (κ1) is 17.2. The van der Waals surface area contributed by atoms with Gasteiger partial charge in [0.2, 0.25) is 0 Å². The first-order chi connectivity index (χ1) is 13.5. The molecule has 0 unspecified atom stereocenters. The average molecular weight is 387 g/mol. The molecule has 144 valence electrons. The van der Waals surface area contributed by atoms with E-state index in [2.05, 4.69) is 15.5 Å². The molecule has 2 aromatic carbocycles. The number of anilines is 1. The van der Waals surface area contributed by atoms with Crippen LogP contribution in [0.1, 0.15) is 23.6 Å². The molecule has 0 spiro atoms. The summed E-state index contributed by atoms with van der Waals surface area (Å²) in [6.45, 7) is 1.04. The number of nitrogens with zero attached hydrogens (tertiary/aromatic N) is 1. The van der Waals surface area contributed by atoms with Crippen LogP contribution < -0.4 is 10.9 Å². The molecule has 1 saturated heterocycles. The van der Waals surface area contributed by atoms with Crippen LogP contribution in [0.4, 0.5) is 18.9 Å². The molecule has 2 aliphatic heterocycles. The lowest BCUT2D eigenvalue weighted by Crippen LogP contribution is -2.40. The molecule has 3 aromatic rings. The van der Waals surface area contributed by atoms with Crippen molar-refractivity contribution in [1.82, 2.24) is 10.2 Å². The molecule has 5 nitrogen and oxygen atoms in total. The highest BCUT2D eigenvalue weighted by molar-refractivity contribution is 5.97. The number of aromatic nitrogens is 2. The SMILES string of the molecule is O=c1[nH]nc2c3c(cc(F)cc13)N[C@H]([C@@H]1CCOC1)[C@H]2c1ccc(F)cc1F. The third-order valence-electron chi connectivity index (χ3n) is 5.63. The predicted molar refractivity (Wildman–Crippen MR) is 96.9 cm³/mol. The normalized spacial score (nSPS) is 23.8. The van der Waals surface area contributed by atoms with Gasteiger partial charge in [-0.1, -0.05) is 6.07 Å². The van der Waals surface area contributed by atoms with Gasteiger partial charge in [-0.2, -0.15) is 5.10 Å². The van der Waals surface area contributed by atoms with E-state index in [0.29, 0.717) is 30.0 Å². The summed E-state index contributed by atoms with van der Waals surface area (Å²) in [6.07, 6.45) is 0.744. The summed E-state index contributed by atoms with van der Waals surface area (Å²) in [5.74, 6) is -2.49. The quantitative estimate of drug-likeness (QED) is 0.708. The Bertz CT molecular complexity index is 1140. The number of rotatable bonds is 2. The van der Waals surface area contributed by atoms with Crippen molar-refractivity contribution in [2.24, 2.45) is 5.92 Å². The van der Waals surface area contributed by atoms with Gasteiger partial charge in [0.15, 0.2) is 0 Å². The molecule has 0 aliphatic carbocycles. The maximum atomic E-state index is 14.7. The fourth-order valence-electron chi connectivity index (χ4n) is 4.38. The number of nitrogens with one attached hydrogen (secondary N) is 2. The van der Waals surface area contributed by atoms with Crippen LogP contribution in [0.3, 0.4) is 0 Å². The zero-order valence-corrected chi connectivity index (χ0v) is 14.6. The number of hydrogen-bond acceptors (Lipinski definition) is 4. The smallest absolute Gasteiger partial charge is 0.272 e. The summed E-state index contributed by atoms with van der Waals surface area (Å²) >= 11 is 0. The van der Waals surface area contributed by atoms with E-state index in [1.54, 1.807) is 0 Å². The lowest BCUT2D eigenvalue weighted by Gasteiger charge is -2.37. The highest BCUT2D eigenvalue weighted by atomic mass is 19.1. The van der Waals surface area contributed by atoms with E-state index in [1.165, 1.54) is 18.2 Å². The van der Waals surface area contributed by atoms with Crippen LogP contribution in [-0.4, -0.2) is 29.5 Å². The number of hydrogen-bond donors (Lipinski definition) is 2. The minimum Gasteiger partial charge on any atom is -0.381 e. The van der Waals surface area contributed by atoms with E-state index >= 15 is 0 Å². The van der Waals surface area contributed by atoms with Gasteiger partial charge in [-0.15, -0.1) is 0 Å². The van der Waals surface area contributed by atoms with E-state index in [-0.39, 0.29) is 22.9 Å². The van der Waals surface area contributed by atoms with Crippen molar-refractivity contribution in [3.05, 3.63) is 69.4 Å². The summed E-state index contributed by atoms with van der Waals surface area (Å²) in [5, 5.41) is 10.5. The van der Waals surface area contributed by atoms with Crippen LogP contribution in [0.5, 0.6) is 0 Å². The van der Waals surface area contributed by atoms with Gasteiger partial charge in [-0.05, 0) is 30.2 Å². The molecule has 2 aliphatic rings. The molecule has 28 heavy (non-hydrogen) atoms. The number of aromatic amines is 1. The Morgan fingerprint density at radius 1 is 1.11 bits per heavy atom. The Morgan fingerprint density at radius 3 is 2.71 bits per heavy atom. The van der Waals surface area contributed by atoms with Crippen LogP contribution in [0.2, 0.25) is 0 Å². The molecule has 1 aromatic heterocycles. The Kier molecular flexibility index (Phi) is 3.90. The monoisotopic (exact) mass is 387 g/mol. The molecule has 3 atom stereocenters. The summed E-state index contributed by atoms with van der Waals surface area (Å²) < 4.78 is 47.9. The lowest BCUT2D eigenvalue weighted by atomic mass is 9.77. The van der Waals surface area contributed by atoms with E-state index in [9.17, 15) is 18.0 Å². The van der Waals surface area contributed by atoms with E-state index in [1.807, 2.05) is 0 Å². The summed E-state index contributed by atoms with van der Waals surface area (Å²) in [4.78, 5) is 12.2. The van der Waals surface area contributed by atoms with Crippen LogP contribution in [-0.2, 0) is 4.74 Å². The molecule has 3 heterocycles. The van der Waals surface area contributed by atoms with Crippen molar-refractivity contribution >= 4 is 16.5 Å². The average Bonchev–Trinajstić information content (AvgIpc) is 3.19. The van der Waals surface area contributed by atoms with Gasteiger partial charge >= 0.3 is 0 Å². The number of benzene rings is 2. The number of halogens is 3. The van der Waals surface area contributed by atoms with Crippen LogP contribution in [0, 0.1) is 23.4 Å². The first-order valence-electron chi connectivity index (χ1n) is 9.04. The lowest BCUT2D eigenvalue weighted by molar-refractivity contribution is 0.180. The highest BCUT2D eigenvalue weighted by Gasteiger charge is 2.41. The Hall–Kier alpha value is -2.87. The molecule has 0 saturated carbocycles. The molecular formula is C20H16F3N3O2. The minimum atomic E-state index is -0.692. The molecule has 8 heteroatoms. The molecule has 2 N–H and O–H groups in total. The third kappa shape index (κ3) is 2.59. The molecule has 5 rings (SSSR count). The van der Waals surface area contributed by atoms with Crippen molar-refractivity contribution in [2.75, 3.05) is 18.5 Å². The second-order valence-electron chi connectivity index (χ2n) is 7.25. The third-order valence-corrected chi connectivity index (χ3v) is 5.63. The fourth-order valence-corrected chi connectivity index (χ4v) is 4.38. The summed E-state index contributed by atoms with van der Waals surface area (Å²) in [7, 11) is 0. The highest BCUT2D eigenvalue weighted by Crippen LogP contribution is 2.44. The standard InChI is InChI=1S/C20H16F3N3O2/c21-10-1-2-12(14(23)6-10)17-18(9-3-4-28-8-9)24-15-7-11(22)5-13-16(15)19(17)25-26-20(13)27/h1-2,5-7,9,17-18,24H,3-4,8H2,(H,26,27)/t9-,17-,18-/m1/s1. The van der Waals surface area contributed by atoms with Crippen LogP contribution in [0.15, 0.2) is 35.1 Å². The number of H-pyrrole nitrogens is 1. The van der Waals surface area contributed by atoms with E-state index in [0.717, 1.165) is 18.6 Å². The molecule has 0 radical (unpaired) electrons. The minimum absolute atomic E-state index is 0.0228. The summed E-state index contributed by atoms with van der Waals surface area (Å²) in [5.41, 5.74) is 0.619. The van der Waals surface area contributed by atoms with Gasteiger partial charge in [-0.3, -0.25) is 4.79 Å². The van der Waals surface area contributed by atoms with E-state index < -0.39 is 28.9 Å². The zero-order chi connectivity index (χ0) is 19.4. The van der Waals surface area contributed by atoms with E-state index in [4.69, 9.17) is 4.74 Å². The van der Waals surface area contributed by atoms with Gasteiger partial charge in [0.1, 0.15) is 17.5 Å². The first-order valence-corrected chi connectivity index (χ1v) is 9.04. The predicted octanol–water partition coefficient (Wildman–Crippen LogP) is 3.30. The maximum absolute atomic E-state index is 14.7. The number of ether oxygens (including phenoxy) is 1. The van der Waals surface area contributed by atoms with Crippen molar-refractivity contribution in [1.29, 1.82) is 0 Å². The second-order valence-corrected chi connectivity index (χ2v) is 7.25. The Balaban J connectivity index is 1.79. The van der Waals surface area contributed by atoms with Gasteiger partial charge in [0.05, 0.1) is 23.6 Å². The maximum Gasteiger partial charge on any atom is 0.272 e.